The number of hydrogen-bond donors (Lipinski definition) is 2. The van der Waals surface area contributed by atoms with E-state index in [-0.39, 0.29) is 23.4 Å². The van der Waals surface area contributed by atoms with Crippen LogP contribution in [-0.4, -0.2) is 54.2 Å². The average molecular weight is 305 g/mol. The lowest BCUT2D eigenvalue weighted by atomic mass is 10.0. The van der Waals surface area contributed by atoms with Crippen molar-refractivity contribution in [2.45, 2.75) is 38.3 Å². The van der Waals surface area contributed by atoms with Crippen molar-refractivity contribution in [3.63, 3.8) is 0 Å². The fraction of sp³-hybridized carbons (Fsp3) is 0.625. The summed E-state index contributed by atoms with van der Waals surface area (Å²) in [5, 5.41) is 3.02. The molecule has 0 unspecified atom stereocenters. The van der Waals surface area contributed by atoms with Crippen LogP contribution in [0.5, 0.6) is 0 Å². The fourth-order valence-electron chi connectivity index (χ4n) is 3.34. The number of amides is 1. The minimum atomic E-state index is -0.238. The van der Waals surface area contributed by atoms with Gasteiger partial charge in [-0.3, -0.25) is 14.5 Å². The SMILES string of the molecule is Cc1cc(=O)cc(C(=O)N[C@H]2COC[C@@H]2N2CCCCC2)[nH]1. The van der Waals surface area contributed by atoms with Gasteiger partial charge in [-0.05, 0) is 32.9 Å². The van der Waals surface area contributed by atoms with Crippen LogP contribution in [0.15, 0.2) is 16.9 Å². The molecule has 120 valence electrons. The summed E-state index contributed by atoms with van der Waals surface area (Å²) in [6.07, 6.45) is 3.70. The Balaban J connectivity index is 1.68. The molecule has 2 N–H and O–H groups in total. The molecule has 1 aromatic rings. The summed E-state index contributed by atoms with van der Waals surface area (Å²) >= 11 is 0. The molecule has 0 aromatic carbocycles. The number of rotatable bonds is 3. The van der Waals surface area contributed by atoms with E-state index < -0.39 is 0 Å². The largest absolute Gasteiger partial charge is 0.378 e. The van der Waals surface area contributed by atoms with Gasteiger partial charge in [0.1, 0.15) is 5.69 Å². The van der Waals surface area contributed by atoms with Crippen molar-refractivity contribution in [2.75, 3.05) is 26.3 Å². The highest BCUT2D eigenvalue weighted by molar-refractivity contribution is 5.92. The van der Waals surface area contributed by atoms with Gasteiger partial charge < -0.3 is 15.0 Å². The second kappa shape index (κ2) is 6.62. The van der Waals surface area contributed by atoms with Crippen molar-refractivity contribution >= 4 is 5.91 Å². The van der Waals surface area contributed by atoms with Crippen LogP contribution in [-0.2, 0) is 4.74 Å². The number of ether oxygens (including phenoxy) is 1. The molecule has 1 amide bonds. The topological polar surface area (TPSA) is 74.4 Å². The zero-order valence-electron chi connectivity index (χ0n) is 12.9. The lowest BCUT2D eigenvalue weighted by molar-refractivity contribution is 0.0894. The third kappa shape index (κ3) is 3.39. The van der Waals surface area contributed by atoms with Gasteiger partial charge in [0.15, 0.2) is 5.43 Å². The Hall–Kier alpha value is -1.66. The predicted octanol–water partition coefficient (Wildman–Crippen LogP) is 0.666. The molecular weight excluding hydrogens is 282 g/mol. The van der Waals surface area contributed by atoms with Gasteiger partial charge in [0.2, 0.25) is 0 Å². The summed E-state index contributed by atoms with van der Waals surface area (Å²) in [5.41, 5.74) is 0.846. The number of piperidine rings is 1. The van der Waals surface area contributed by atoms with Crippen LogP contribution in [0.2, 0.25) is 0 Å². The number of carbonyl (C=O) groups is 1. The van der Waals surface area contributed by atoms with E-state index in [9.17, 15) is 9.59 Å². The molecule has 6 heteroatoms. The predicted molar refractivity (Wildman–Crippen MR) is 83.1 cm³/mol. The zero-order valence-corrected chi connectivity index (χ0v) is 12.9. The van der Waals surface area contributed by atoms with Crippen LogP contribution in [0, 0.1) is 6.92 Å². The Bertz CT molecular complexity index is 593. The summed E-state index contributed by atoms with van der Waals surface area (Å²) in [7, 11) is 0. The molecule has 22 heavy (non-hydrogen) atoms. The molecule has 0 spiro atoms. The number of aromatic amines is 1. The molecule has 2 aliphatic heterocycles. The molecular formula is C16H23N3O3. The Morgan fingerprint density at radius 2 is 2.05 bits per heavy atom. The van der Waals surface area contributed by atoms with Crippen molar-refractivity contribution in [2.24, 2.45) is 0 Å². The van der Waals surface area contributed by atoms with Crippen LogP contribution in [0.3, 0.4) is 0 Å². The van der Waals surface area contributed by atoms with E-state index in [1.807, 2.05) is 0 Å². The van der Waals surface area contributed by atoms with Gasteiger partial charge in [0.25, 0.3) is 5.91 Å². The summed E-state index contributed by atoms with van der Waals surface area (Å²) in [4.78, 5) is 29.3. The maximum absolute atomic E-state index is 12.4. The quantitative estimate of drug-likeness (QED) is 0.860. The van der Waals surface area contributed by atoms with Crippen LogP contribution < -0.4 is 10.7 Å². The monoisotopic (exact) mass is 305 g/mol. The van der Waals surface area contributed by atoms with Crippen LogP contribution >= 0.6 is 0 Å². The first-order chi connectivity index (χ1) is 10.6. The number of carbonyl (C=O) groups excluding carboxylic acids is 1. The van der Waals surface area contributed by atoms with Crippen molar-refractivity contribution in [1.29, 1.82) is 0 Å². The maximum atomic E-state index is 12.4. The molecule has 2 atom stereocenters. The van der Waals surface area contributed by atoms with E-state index in [4.69, 9.17) is 4.74 Å². The van der Waals surface area contributed by atoms with Crippen LogP contribution in [0.4, 0.5) is 0 Å². The molecule has 2 fully saturated rings. The smallest absolute Gasteiger partial charge is 0.268 e. The molecule has 6 nitrogen and oxygen atoms in total. The first-order valence-corrected chi connectivity index (χ1v) is 7.97. The van der Waals surface area contributed by atoms with Gasteiger partial charge in [-0.15, -0.1) is 0 Å². The minimum Gasteiger partial charge on any atom is -0.378 e. The Kier molecular flexibility index (Phi) is 4.59. The lowest BCUT2D eigenvalue weighted by Gasteiger charge is -2.34. The fourth-order valence-corrected chi connectivity index (χ4v) is 3.34. The van der Waals surface area contributed by atoms with E-state index in [0.717, 1.165) is 13.1 Å². The number of pyridine rings is 1. The first-order valence-electron chi connectivity index (χ1n) is 7.97. The van der Waals surface area contributed by atoms with E-state index in [1.54, 1.807) is 6.92 Å². The number of nitrogens with zero attached hydrogens (tertiary/aromatic N) is 1. The number of likely N-dealkylation sites (tertiary alicyclic amines) is 1. The van der Waals surface area contributed by atoms with Crippen LogP contribution in [0.25, 0.3) is 0 Å². The van der Waals surface area contributed by atoms with E-state index >= 15 is 0 Å². The Labute approximate surface area is 129 Å². The molecule has 3 heterocycles. The first kappa shape index (κ1) is 15.2. The Morgan fingerprint density at radius 1 is 1.27 bits per heavy atom. The number of aromatic nitrogens is 1. The van der Waals surface area contributed by atoms with Gasteiger partial charge in [-0.1, -0.05) is 6.42 Å². The van der Waals surface area contributed by atoms with Crippen molar-refractivity contribution in [3.8, 4) is 0 Å². The molecule has 3 rings (SSSR count). The number of aryl methyl sites for hydroxylation is 1. The maximum Gasteiger partial charge on any atom is 0.268 e. The molecule has 2 saturated heterocycles. The molecule has 0 aliphatic carbocycles. The number of hydrogen-bond acceptors (Lipinski definition) is 4. The van der Waals surface area contributed by atoms with Gasteiger partial charge in [0, 0.05) is 17.8 Å². The van der Waals surface area contributed by atoms with Gasteiger partial charge in [-0.2, -0.15) is 0 Å². The third-order valence-corrected chi connectivity index (χ3v) is 4.45. The second-order valence-corrected chi connectivity index (χ2v) is 6.19. The molecule has 0 saturated carbocycles. The van der Waals surface area contributed by atoms with E-state index in [0.29, 0.717) is 24.6 Å². The average Bonchev–Trinajstić information content (AvgIpc) is 2.95. The molecule has 1 aromatic heterocycles. The number of H-pyrrole nitrogens is 1. The van der Waals surface area contributed by atoms with Gasteiger partial charge >= 0.3 is 0 Å². The lowest BCUT2D eigenvalue weighted by Crippen LogP contribution is -2.52. The molecule has 0 radical (unpaired) electrons. The van der Waals surface area contributed by atoms with Gasteiger partial charge in [-0.25, -0.2) is 0 Å². The highest BCUT2D eigenvalue weighted by Crippen LogP contribution is 2.19. The second-order valence-electron chi connectivity index (χ2n) is 6.19. The summed E-state index contributed by atoms with van der Waals surface area (Å²) in [6.45, 7) is 5.11. The highest BCUT2D eigenvalue weighted by Gasteiger charge is 2.34. The molecule has 0 bridgehead atoms. The molecule has 2 aliphatic rings. The van der Waals surface area contributed by atoms with Crippen molar-refractivity contribution in [1.82, 2.24) is 15.2 Å². The van der Waals surface area contributed by atoms with E-state index in [2.05, 4.69) is 15.2 Å². The summed E-state index contributed by atoms with van der Waals surface area (Å²) < 4.78 is 5.58. The van der Waals surface area contributed by atoms with Gasteiger partial charge in [0.05, 0.1) is 25.3 Å². The summed E-state index contributed by atoms with van der Waals surface area (Å²) in [5.74, 6) is -0.238. The van der Waals surface area contributed by atoms with Crippen LogP contribution in [0.1, 0.15) is 35.4 Å². The normalized spacial score (nSPS) is 26.0. The highest BCUT2D eigenvalue weighted by atomic mass is 16.5. The third-order valence-electron chi connectivity index (χ3n) is 4.45. The van der Waals surface area contributed by atoms with Crippen molar-refractivity contribution < 1.29 is 9.53 Å². The minimum absolute atomic E-state index is 0.0189. The zero-order chi connectivity index (χ0) is 15.5. The standard InChI is InChI=1S/C16H23N3O3/c1-11-7-12(20)8-13(17-11)16(21)18-14-9-22-10-15(14)19-5-3-2-4-6-19/h7-8,14-15H,2-6,9-10H2,1H3,(H,17,20)(H,18,21)/t14-,15-/m0/s1. The van der Waals surface area contributed by atoms with E-state index in [1.165, 1.54) is 31.4 Å². The Morgan fingerprint density at radius 3 is 2.77 bits per heavy atom. The summed E-state index contributed by atoms with van der Waals surface area (Å²) in [6, 6.07) is 3.04. The van der Waals surface area contributed by atoms with Crippen molar-refractivity contribution in [3.05, 3.63) is 33.7 Å². The number of nitrogens with one attached hydrogen (secondary N) is 2.